The van der Waals surface area contributed by atoms with Gasteiger partial charge in [-0.05, 0) is 12.0 Å². The molecular weight excluding hydrogens is 324 g/mol. The van der Waals surface area contributed by atoms with Gasteiger partial charge in [0, 0.05) is 16.9 Å². The van der Waals surface area contributed by atoms with Gasteiger partial charge in [0.1, 0.15) is 16.9 Å². The van der Waals surface area contributed by atoms with Crippen LogP contribution >= 0.6 is 11.8 Å². The molecule has 4 nitrogen and oxygen atoms in total. The van der Waals surface area contributed by atoms with Gasteiger partial charge in [-0.2, -0.15) is 0 Å². The van der Waals surface area contributed by atoms with Crippen LogP contribution in [0.5, 0.6) is 0 Å². The Morgan fingerprint density at radius 1 is 1.13 bits per heavy atom. The highest BCUT2D eigenvalue weighted by atomic mass is 32.2. The lowest BCUT2D eigenvalue weighted by molar-refractivity contribution is -0.140. The van der Waals surface area contributed by atoms with Gasteiger partial charge in [-0.25, -0.2) is 8.78 Å². The van der Waals surface area contributed by atoms with E-state index in [1.54, 1.807) is 27.7 Å². The molecule has 1 rings (SSSR count). The molecule has 0 aliphatic carbocycles. The molecule has 23 heavy (non-hydrogen) atoms. The quantitative estimate of drug-likeness (QED) is 0.628. The normalized spacial score (nSPS) is 12.4. The summed E-state index contributed by atoms with van der Waals surface area (Å²) in [5.74, 6) is -2.95. The predicted octanol–water partition coefficient (Wildman–Crippen LogP) is 3.85. The average Bonchev–Trinajstić information content (AvgIpc) is 2.47. The summed E-state index contributed by atoms with van der Waals surface area (Å²) in [5.41, 5.74) is -0.111. The second-order valence-corrected chi connectivity index (χ2v) is 6.90. The third-order valence-electron chi connectivity index (χ3n) is 3.10. The SMILES string of the molecule is COC(=O)C(Sc1cc(NC(=O)C(C)C)c(F)cc1F)C(C)C. The van der Waals surface area contributed by atoms with Crippen molar-refractivity contribution in [3.8, 4) is 0 Å². The molecule has 0 radical (unpaired) electrons. The van der Waals surface area contributed by atoms with Gasteiger partial charge >= 0.3 is 5.97 Å². The van der Waals surface area contributed by atoms with Crippen molar-refractivity contribution in [2.24, 2.45) is 11.8 Å². The van der Waals surface area contributed by atoms with Gasteiger partial charge in [0.15, 0.2) is 0 Å². The molecular formula is C16H21F2NO3S. The van der Waals surface area contributed by atoms with Crippen LogP contribution in [0.3, 0.4) is 0 Å². The summed E-state index contributed by atoms with van der Waals surface area (Å²) in [6.07, 6.45) is 0. The lowest BCUT2D eigenvalue weighted by Crippen LogP contribution is -2.24. The molecule has 0 bridgehead atoms. The third-order valence-corrected chi connectivity index (χ3v) is 4.65. The van der Waals surface area contributed by atoms with Gasteiger partial charge in [-0.1, -0.05) is 27.7 Å². The second-order valence-electron chi connectivity index (χ2n) is 5.71. The van der Waals surface area contributed by atoms with E-state index in [0.29, 0.717) is 6.07 Å². The molecule has 128 valence electrons. The van der Waals surface area contributed by atoms with Crippen LogP contribution in [0.4, 0.5) is 14.5 Å². The van der Waals surface area contributed by atoms with E-state index >= 15 is 0 Å². The maximum Gasteiger partial charge on any atom is 0.319 e. The first-order valence-corrected chi connectivity index (χ1v) is 8.09. The fourth-order valence-electron chi connectivity index (χ4n) is 1.70. The van der Waals surface area contributed by atoms with Gasteiger partial charge in [0.2, 0.25) is 5.91 Å². The summed E-state index contributed by atoms with van der Waals surface area (Å²) in [6.45, 7) is 6.94. The summed E-state index contributed by atoms with van der Waals surface area (Å²) in [5, 5.41) is 1.78. The number of anilines is 1. The topological polar surface area (TPSA) is 55.4 Å². The number of hydrogen-bond donors (Lipinski definition) is 1. The van der Waals surface area contributed by atoms with Gasteiger partial charge < -0.3 is 10.1 Å². The Morgan fingerprint density at radius 2 is 1.74 bits per heavy atom. The highest BCUT2D eigenvalue weighted by molar-refractivity contribution is 8.00. The lowest BCUT2D eigenvalue weighted by Gasteiger charge is -2.19. The zero-order valence-corrected chi connectivity index (χ0v) is 14.6. The zero-order chi connectivity index (χ0) is 17.7. The molecule has 0 saturated carbocycles. The van der Waals surface area contributed by atoms with Gasteiger partial charge in [-0.15, -0.1) is 11.8 Å². The molecule has 1 N–H and O–H groups in total. The van der Waals surface area contributed by atoms with Crippen LogP contribution in [0, 0.1) is 23.5 Å². The van der Waals surface area contributed by atoms with Crippen LogP contribution < -0.4 is 5.32 Å². The van der Waals surface area contributed by atoms with E-state index in [1.165, 1.54) is 13.2 Å². The van der Waals surface area contributed by atoms with Crippen molar-refractivity contribution in [3.63, 3.8) is 0 Å². The van der Waals surface area contributed by atoms with E-state index in [2.05, 4.69) is 5.32 Å². The number of thioether (sulfide) groups is 1. The van der Waals surface area contributed by atoms with Crippen molar-refractivity contribution in [1.82, 2.24) is 0 Å². The molecule has 0 spiro atoms. The number of benzene rings is 1. The van der Waals surface area contributed by atoms with Gasteiger partial charge in [-0.3, -0.25) is 9.59 Å². The largest absolute Gasteiger partial charge is 0.468 e. The minimum absolute atomic E-state index is 0.0783. The number of nitrogens with one attached hydrogen (secondary N) is 1. The minimum Gasteiger partial charge on any atom is -0.468 e. The number of halogens is 2. The van der Waals surface area contributed by atoms with Crippen molar-refractivity contribution in [1.29, 1.82) is 0 Å². The Balaban J connectivity index is 3.11. The average molecular weight is 345 g/mol. The zero-order valence-electron chi connectivity index (χ0n) is 13.8. The molecule has 1 atom stereocenters. The third kappa shape index (κ3) is 5.20. The van der Waals surface area contributed by atoms with Gasteiger partial charge in [0.25, 0.3) is 0 Å². The van der Waals surface area contributed by atoms with Crippen LogP contribution in [0.25, 0.3) is 0 Å². The van der Waals surface area contributed by atoms with Crippen LogP contribution in [0.15, 0.2) is 17.0 Å². The fourth-order valence-corrected chi connectivity index (χ4v) is 2.80. The molecule has 0 fully saturated rings. The van der Waals surface area contributed by atoms with E-state index in [1.807, 2.05) is 0 Å². The summed E-state index contributed by atoms with van der Waals surface area (Å²) in [7, 11) is 1.26. The highest BCUT2D eigenvalue weighted by Gasteiger charge is 2.26. The molecule has 1 aromatic rings. The fraction of sp³-hybridized carbons (Fsp3) is 0.500. The summed E-state index contributed by atoms with van der Waals surface area (Å²) < 4.78 is 32.5. The summed E-state index contributed by atoms with van der Waals surface area (Å²) in [6, 6.07) is 1.90. The smallest absolute Gasteiger partial charge is 0.319 e. The number of carbonyl (C=O) groups excluding carboxylic acids is 2. The Kier molecular flexibility index (Phi) is 7.00. The first kappa shape index (κ1) is 19.4. The number of hydrogen-bond acceptors (Lipinski definition) is 4. The number of methoxy groups -OCH3 is 1. The number of rotatable bonds is 6. The highest BCUT2D eigenvalue weighted by Crippen LogP contribution is 2.34. The first-order chi connectivity index (χ1) is 10.7. The van der Waals surface area contributed by atoms with E-state index in [-0.39, 0.29) is 28.3 Å². The molecule has 0 saturated heterocycles. The van der Waals surface area contributed by atoms with Crippen LogP contribution in [0.1, 0.15) is 27.7 Å². The van der Waals surface area contributed by atoms with Crippen molar-refractivity contribution >= 4 is 29.3 Å². The predicted molar refractivity (Wildman–Crippen MR) is 86.3 cm³/mol. The Morgan fingerprint density at radius 3 is 2.22 bits per heavy atom. The molecule has 1 amide bonds. The van der Waals surface area contributed by atoms with Crippen LogP contribution in [-0.2, 0) is 14.3 Å². The number of carbonyl (C=O) groups is 2. The van der Waals surface area contributed by atoms with Gasteiger partial charge in [0.05, 0.1) is 12.8 Å². The lowest BCUT2D eigenvalue weighted by atomic mass is 10.1. The van der Waals surface area contributed by atoms with Crippen molar-refractivity contribution in [2.75, 3.05) is 12.4 Å². The Hall–Kier alpha value is -1.63. The second kappa shape index (κ2) is 8.29. The van der Waals surface area contributed by atoms with E-state index in [4.69, 9.17) is 4.74 Å². The maximum absolute atomic E-state index is 14.0. The van der Waals surface area contributed by atoms with E-state index in [0.717, 1.165) is 11.8 Å². The molecule has 7 heteroatoms. The molecule has 1 aromatic carbocycles. The van der Waals surface area contributed by atoms with E-state index in [9.17, 15) is 18.4 Å². The maximum atomic E-state index is 14.0. The first-order valence-electron chi connectivity index (χ1n) is 7.21. The minimum atomic E-state index is -0.861. The standard InChI is InChI=1S/C16H21F2NO3S/c1-8(2)14(16(21)22-5)23-13-7-12(10(17)6-11(13)18)19-15(20)9(3)4/h6-9,14H,1-5H3,(H,19,20). The van der Waals surface area contributed by atoms with Crippen molar-refractivity contribution in [3.05, 3.63) is 23.8 Å². The van der Waals surface area contributed by atoms with E-state index < -0.39 is 22.9 Å². The summed E-state index contributed by atoms with van der Waals surface area (Å²) >= 11 is 0.947. The number of esters is 1. The molecule has 0 heterocycles. The molecule has 0 aliphatic rings. The Labute approximate surface area is 139 Å². The number of ether oxygens (including phenoxy) is 1. The molecule has 0 aromatic heterocycles. The molecule has 1 unspecified atom stereocenters. The van der Waals surface area contributed by atoms with Crippen molar-refractivity contribution in [2.45, 2.75) is 37.8 Å². The summed E-state index contributed by atoms with van der Waals surface area (Å²) in [4.78, 5) is 23.6. The number of amides is 1. The monoisotopic (exact) mass is 345 g/mol. The van der Waals surface area contributed by atoms with Crippen LogP contribution in [0.2, 0.25) is 0 Å². The van der Waals surface area contributed by atoms with Crippen molar-refractivity contribution < 1.29 is 23.1 Å². The van der Waals surface area contributed by atoms with Crippen LogP contribution in [-0.4, -0.2) is 24.2 Å². The Bertz CT molecular complexity index is 591. The molecule has 0 aliphatic heterocycles.